The number of aromatic nitrogens is 1. The lowest BCUT2D eigenvalue weighted by Gasteiger charge is -2.18. The van der Waals surface area contributed by atoms with E-state index in [0.29, 0.717) is 27.5 Å². The van der Waals surface area contributed by atoms with E-state index in [2.05, 4.69) is 15.0 Å². The van der Waals surface area contributed by atoms with Crippen LogP contribution >= 0.6 is 11.3 Å². The molecule has 10 heteroatoms. The number of hydrogen-bond acceptors (Lipinski definition) is 7. The molecule has 6 nitrogen and oxygen atoms in total. The van der Waals surface area contributed by atoms with Crippen molar-refractivity contribution in [2.75, 3.05) is 7.05 Å². The highest BCUT2D eigenvalue weighted by atomic mass is 32.1. The number of thiazole rings is 1. The molecule has 1 atom stereocenters. The van der Waals surface area contributed by atoms with Crippen molar-refractivity contribution in [3.63, 3.8) is 0 Å². The minimum atomic E-state index is -5.09. The molecule has 1 N–H and O–H groups in total. The van der Waals surface area contributed by atoms with Crippen LogP contribution in [0.3, 0.4) is 0 Å². The molecular formula is C16H13F3N2O4S. The molecule has 0 fully saturated rings. The van der Waals surface area contributed by atoms with E-state index in [9.17, 15) is 18.0 Å². The van der Waals surface area contributed by atoms with Crippen LogP contribution in [0.2, 0.25) is 0 Å². The Kier molecular flexibility index (Phi) is 4.88. The van der Waals surface area contributed by atoms with Crippen molar-refractivity contribution in [1.82, 2.24) is 10.3 Å². The first-order valence-electron chi connectivity index (χ1n) is 7.34. The average Bonchev–Trinajstić information content (AvgIpc) is 3.19. The number of carbonyl (C=O) groups is 1. The summed E-state index contributed by atoms with van der Waals surface area (Å²) in [5, 5.41) is 3.55. The Morgan fingerprint density at radius 3 is 2.77 bits per heavy atom. The molecule has 0 aliphatic rings. The highest BCUT2D eigenvalue weighted by Gasteiger charge is 2.43. The Balaban J connectivity index is 2.00. The van der Waals surface area contributed by atoms with E-state index in [0.717, 1.165) is 0 Å². The zero-order valence-corrected chi connectivity index (χ0v) is 14.4. The fraction of sp³-hybridized carbons (Fsp3) is 0.250. The number of furan rings is 1. The van der Waals surface area contributed by atoms with Gasteiger partial charge < -0.3 is 13.9 Å². The number of halogens is 3. The Morgan fingerprint density at radius 2 is 2.15 bits per heavy atom. The van der Waals surface area contributed by atoms with Crippen LogP contribution in [0.15, 0.2) is 34.3 Å². The SMILES string of the molecule is CNC(OC(=O)C(F)(F)F)c1c(C)oc2c(Oc3cncs3)cccc12. The summed E-state index contributed by atoms with van der Waals surface area (Å²) in [4.78, 5) is 15.1. The van der Waals surface area contributed by atoms with Crippen LogP contribution in [0.1, 0.15) is 17.6 Å². The molecule has 2 heterocycles. The predicted molar refractivity (Wildman–Crippen MR) is 87.1 cm³/mol. The van der Waals surface area contributed by atoms with Gasteiger partial charge in [0.2, 0.25) is 5.06 Å². The molecule has 138 valence electrons. The van der Waals surface area contributed by atoms with E-state index in [-0.39, 0.29) is 5.56 Å². The van der Waals surface area contributed by atoms with Crippen molar-refractivity contribution >= 4 is 28.3 Å². The van der Waals surface area contributed by atoms with Crippen LogP contribution in [-0.4, -0.2) is 24.2 Å². The Hall–Kier alpha value is -2.59. The molecule has 0 saturated heterocycles. The van der Waals surface area contributed by atoms with Gasteiger partial charge in [0, 0.05) is 5.39 Å². The molecule has 3 aromatic rings. The van der Waals surface area contributed by atoms with Crippen molar-refractivity contribution in [2.24, 2.45) is 0 Å². The Bertz CT molecular complexity index is 922. The molecular weight excluding hydrogens is 373 g/mol. The Labute approximate surface area is 149 Å². The fourth-order valence-corrected chi connectivity index (χ4v) is 2.92. The molecule has 1 unspecified atom stereocenters. The van der Waals surface area contributed by atoms with E-state index in [1.807, 2.05) is 0 Å². The third kappa shape index (κ3) is 3.51. The fourth-order valence-electron chi connectivity index (χ4n) is 2.44. The third-order valence-corrected chi connectivity index (χ3v) is 4.15. The number of hydrogen-bond donors (Lipinski definition) is 1. The standard InChI is InChI=1S/C16H13F3N2O4S/c1-8-12(14(20-2)25-15(22)16(17,18)19)9-4-3-5-10(13(9)23-8)24-11-6-21-7-26-11/h3-7,14,20H,1-2H3. The van der Waals surface area contributed by atoms with Crippen molar-refractivity contribution in [3.8, 4) is 10.8 Å². The van der Waals surface area contributed by atoms with Gasteiger partial charge in [0.1, 0.15) is 5.76 Å². The molecule has 0 saturated carbocycles. The maximum Gasteiger partial charge on any atom is 0.490 e. The number of benzene rings is 1. The quantitative estimate of drug-likeness (QED) is 0.520. The van der Waals surface area contributed by atoms with Crippen molar-refractivity contribution in [3.05, 3.63) is 41.2 Å². The van der Waals surface area contributed by atoms with Gasteiger partial charge in [-0.15, -0.1) is 0 Å². The smallest absolute Gasteiger partial charge is 0.457 e. The summed E-state index contributed by atoms with van der Waals surface area (Å²) in [5.41, 5.74) is 2.22. The predicted octanol–water partition coefficient (Wildman–Crippen LogP) is 4.31. The Morgan fingerprint density at radius 1 is 1.38 bits per heavy atom. The van der Waals surface area contributed by atoms with Crippen molar-refractivity contribution in [1.29, 1.82) is 0 Å². The number of aryl methyl sites for hydroxylation is 1. The average molecular weight is 386 g/mol. The molecule has 26 heavy (non-hydrogen) atoms. The molecule has 3 rings (SSSR count). The number of alkyl halides is 3. The maximum atomic E-state index is 12.5. The number of ether oxygens (including phenoxy) is 2. The normalized spacial score (nSPS) is 13.0. The summed E-state index contributed by atoms with van der Waals surface area (Å²) in [7, 11) is 1.38. The third-order valence-electron chi connectivity index (χ3n) is 3.50. The van der Waals surface area contributed by atoms with Gasteiger partial charge >= 0.3 is 12.1 Å². The summed E-state index contributed by atoms with van der Waals surface area (Å²) in [6, 6.07) is 4.97. The minimum Gasteiger partial charge on any atom is -0.457 e. The second-order valence-corrected chi connectivity index (χ2v) is 6.05. The number of para-hydroxylation sites is 1. The van der Waals surface area contributed by atoms with Crippen LogP contribution in [0.4, 0.5) is 13.2 Å². The van der Waals surface area contributed by atoms with Crippen LogP contribution < -0.4 is 10.1 Å². The number of nitrogens with zero attached hydrogens (tertiary/aromatic N) is 1. The van der Waals surface area contributed by atoms with Crippen LogP contribution in [0.25, 0.3) is 11.0 Å². The molecule has 0 spiro atoms. The van der Waals surface area contributed by atoms with Crippen molar-refractivity contribution < 1.29 is 31.9 Å². The van der Waals surface area contributed by atoms with E-state index >= 15 is 0 Å². The first-order chi connectivity index (χ1) is 12.3. The zero-order valence-electron chi connectivity index (χ0n) is 13.6. The molecule has 0 aliphatic heterocycles. The van der Waals surface area contributed by atoms with Crippen LogP contribution in [0, 0.1) is 6.92 Å². The topological polar surface area (TPSA) is 73.6 Å². The van der Waals surface area contributed by atoms with Gasteiger partial charge in [0.15, 0.2) is 17.6 Å². The summed E-state index contributed by atoms with van der Waals surface area (Å²) in [6.07, 6.45) is -4.89. The molecule has 1 aromatic carbocycles. The van der Waals surface area contributed by atoms with Gasteiger partial charge in [-0.05, 0) is 20.0 Å². The summed E-state index contributed by atoms with van der Waals surface area (Å²) >= 11 is 1.28. The summed E-state index contributed by atoms with van der Waals surface area (Å²) < 4.78 is 53.5. The summed E-state index contributed by atoms with van der Waals surface area (Å²) in [5.74, 6) is -1.62. The summed E-state index contributed by atoms with van der Waals surface area (Å²) in [6.45, 7) is 1.57. The lowest BCUT2D eigenvalue weighted by Crippen LogP contribution is -2.31. The van der Waals surface area contributed by atoms with Gasteiger partial charge in [0.05, 0.1) is 17.3 Å². The lowest BCUT2D eigenvalue weighted by molar-refractivity contribution is -0.206. The van der Waals surface area contributed by atoms with Gasteiger partial charge in [-0.3, -0.25) is 5.32 Å². The van der Waals surface area contributed by atoms with E-state index in [1.165, 1.54) is 24.6 Å². The second kappa shape index (κ2) is 6.96. The highest BCUT2D eigenvalue weighted by molar-refractivity contribution is 7.11. The van der Waals surface area contributed by atoms with E-state index < -0.39 is 18.4 Å². The van der Waals surface area contributed by atoms with E-state index in [4.69, 9.17) is 9.15 Å². The number of nitrogens with one attached hydrogen (secondary N) is 1. The monoisotopic (exact) mass is 386 g/mol. The molecule has 2 aromatic heterocycles. The van der Waals surface area contributed by atoms with Crippen molar-refractivity contribution in [2.45, 2.75) is 19.3 Å². The number of fused-ring (bicyclic) bond motifs is 1. The highest BCUT2D eigenvalue weighted by Crippen LogP contribution is 2.38. The van der Waals surface area contributed by atoms with Gasteiger partial charge in [0.25, 0.3) is 0 Å². The van der Waals surface area contributed by atoms with Crippen LogP contribution in [-0.2, 0) is 9.53 Å². The number of rotatable bonds is 5. The number of carbonyl (C=O) groups excluding carboxylic acids is 1. The zero-order chi connectivity index (χ0) is 18.9. The van der Waals surface area contributed by atoms with Gasteiger partial charge in [-0.1, -0.05) is 23.5 Å². The molecule has 0 radical (unpaired) electrons. The molecule has 0 amide bonds. The second-order valence-electron chi connectivity index (χ2n) is 5.20. The lowest BCUT2D eigenvalue weighted by atomic mass is 10.1. The van der Waals surface area contributed by atoms with Crippen LogP contribution in [0.5, 0.6) is 10.8 Å². The molecule has 0 aliphatic carbocycles. The number of esters is 1. The van der Waals surface area contributed by atoms with Gasteiger partial charge in [-0.2, -0.15) is 13.2 Å². The largest absolute Gasteiger partial charge is 0.490 e. The molecule has 0 bridgehead atoms. The van der Waals surface area contributed by atoms with E-state index in [1.54, 1.807) is 30.6 Å². The first-order valence-corrected chi connectivity index (χ1v) is 8.22. The first kappa shape index (κ1) is 18.2. The van der Waals surface area contributed by atoms with Gasteiger partial charge in [-0.25, -0.2) is 9.78 Å². The minimum absolute atomic E-state index is 0.287. The maximum absolute atomic E-state index is 12.5.